The van der Waals surface area contributed by atoms with Crippen LogP contribution in [-0.2, 0) is 6.42 Å². The van der Waals surface area contributed by atoms with E-state index in [2.05, 4.69) is 31.5 Å². The molecule has 0 radical (unpaired) electrons. The Labute approximate surface area is 108 Å². The van der Waals surface area contributed by atoms with Gasteiger partial charge in [-0.2, -0.15) is 4.98 Å². The molecule has 0 saturated heterocycles. The van der Waals surface area contributed by atoms with Crippen molar-refractivity contribution in [1.29, 1.82) is 0 Å². The van der Waals surface area contributed by atoms with Gasteiger partial charge in [-0.15, -0.1) is 0 Å². The third-order valence-corrected chi connectivity index (χ3v) is 3.20. The maximum absolute atomic E-state index is 5.29. The number of imidazole rings is 1. The fraction of sp³-hybridized carbons (Fsp3) is 0.154. The average molecular weight is 253 g/mol. The summed E-state index contributed by atoms with van der Waals surface area (Å²) in [4.78, 5) is 11.4. The first kappa shape index (κ1) is 10.3. The number of benzene rings is 1. The highest BCUT2D eigenvalue weighted by Crippen LogP contribution is 2.28. The molecular formula is C13H11N5O. The number of hydrogen-bond acceptors (Lipinski definition) is 5. The van der Waals surface area contributed by atoms with Crippen LogP contribution in [-0.4, -0.2) is 26.7 Å². The smallest absolute Gasteiger partial charge is 0.258 e. The molecule has 3 heterocycles. The summed E-state index contributed by atoms with van der Waals surface area (Å²) in [7, 11) is 0. The third-order valence-electron chi connectivity index (χ3n) is 3.20. The molecule has 0 bridgehead atoms. The van der Waals surface area contributed by atoms with Gasteiger partial charge in [0.15, 0.2) is 5.82 Å². The summed E-state index contributed by atoms with van der Waals surface area (Å²) in [6.45, 7) is 0.986. The molecule has 4 rings (SSSR count). The van der Waals surface area contributed by atoms with Crippen molar-refractivity contribution < 1.29 is 4.52 Å². The highest BCUT2D eigenvalue weighted by atomic mass is 16.5. The Morgan fingerprint density at radius 2 is 2.26 bits per heavy atom. The first-order chi connectivity index (χ1) is 9.40. The van der Waals surface area contributed by atoms with Crippen LogP contribution in [0.4, 0.5) is 5.69 Å². The van der Waals surface area contributed by atoms with E-state index in [4.69, 9.17) is 4.52 Å². The predicted octanol–water partition coefficient (Wildman–Crippen LogP) is 2.09. The minimum absolute atomic E-state index is 0.466. The second-order valence-electron chi connectivity index (χ2n) is 4.41. The van der Waals surface area contributed by atoms with Crippen LogP contribution in [0.15, 0.2) is 35.1 Å². The number of nitrogens with one attached hydrogen (secondary N) is 2. The molecule has 1 aliphatic rings. The summed E-state index contributed by atoms with van der Waals surface area (Å²) >= 11 is 0. The molecule has 94 valence electrons. The summed E-state index contributed by atoms with van der Waals surface area (Å²) in [6, 6.07) is 6.15. The lowest BCUT2D eigenvalue weighted by Gasteiger charge is -2.00. The van der Waals surface area contributed by atoms with Crippen LogP contribution >= 0.6 is 0 Å². The quantitative estimate of drug-likeness (QED) is 0.731. The van der Waals surface area contributed by atoms with Crippen molar-refractivity contribution in [1.82, 2.24) is 20.1 Å². The van der Waals surface area contributed by atoms with Gasteiger partial charge in [-0.1, -0.05) is 11.2 Å². The van der Waals surface area contributed by atoms with E-state index in [0.717, 1.165) is 24.2 Å². The minimum Gasteiger partial charge on any atom is -0.384 e. The van der Waals surface area contributed by atoms with E-state index in [-0.39, 0.29) is 0 Å². The molecule has 2 aromatic heterocycles. The van der Waals surface area contributed by atoms with Crippen molar-refractivity contribution in [3.8, 4) is 23.1 Å². The number of H-pyrrole nitrogens is 1. The van der Waals surface area contributed by atoms with Gasteiger partial charge in [0, 0.05) is 30.2 Å². The van der Waals surface area contributed by atoms with Crippen LogP contribution in [0.1, 0.15) is 5.56 Å². The van der Waals surface area contributed by atoms with Gasteiger partial charge in [-0.25, -0.2) is 4.98 Å². The summed E-state index contributed by atoms with van der Waals surface area (Å²) in [5.41, 5.74) is 3.39. The number of hydrogen-bond donors (Lipinski definition) is 2. The van der Waals surface area contributed by atoms with Gasteiger partial charge in [-0.05, 0) is 24.1 Å². The van der Waals surface area contributed by atoms with Crippen molar-refractivity contribution in [2.75, 3.05) is 11.9 Å². The topological polar surface area (TPSA) is 79.6 Å². The maximum atomic E-state index is 5.29. The van der Waals surface area contributed by atoms with Crippen LogP contribution in [0.3, 0.4) is 0 Å². The Kier molecular flexibility index (Phi) is 2.14. The monoisotopic (exact) mass is 253 g/mol. The normalized spacial score (nSPS) is 13.3. The predicted molar refractivity (Wildman–Crippen MR) is 69.5 cm³/mol. The van der Waals surface area contributed by atoms with Gasteiger partial charge in [0.25, 0.3) is 5.89 Å². The number of fused-ring (bicyclic) bond motifs is 1. The van der Waals surface area contributed by atoms with Crippen molar-refractivity contribution >= 4 is 5.69 Å². The number of aromatic nitrogens is 4. The number of nitrogens with zero attached hydrogens (tertiary/aromatic N) is 3. The lowest BCUT2D eigenvalue weighted by atomic mass is 10.1. The molecule has 0 aliphatic carbocycles. The molecule has 0 atom stereocenters. The molecule has 1 aromatic carbocycles. The fourth-order valence-electron chi connectivity index (χ4n) is 2.25. The molecule has 3 aromatic rings. The number of rotatable bonds is 2. The average Bonchev–Trinajstić information content (AvgIpc) is 3.18. The Balaban J connectivity index is 1.73. The van der Waals surface area contributed by atoms with Crippen molar-refractivity contribution in [3.05, 3.63) is 36.2 Å². The van der Waals surface area contributed by atoms with E-state index >= 15 is 0 Å². The SMILES string of the molecule is c1c[nH]c(-c2noc(-c3ccc4c(c3)NCC4)n2)n1. The molecule has 0 unspecified atom stereocenters. The van der Waals surface area contributed by atoms with Crippen LogP contribution in [0.2, 0.25) is 0 Å². The third kappa shape index (κ3) is 1.69. The van der Waals surface area contributed by atoms with Crippen molar-refractivity contribution in [2.24, 2.45) is 0 Å². The van der Waals surface area contributed by atoms with Crippen LogP contribution in [0, 0.1) is 0 Å². The van der Waals surface area contributed by atoms with E-state index in [9.17, 15) is 0 Å². The second-order valence-corrected chi connectivity index (χ2v) is 4.41. The standard InChI is InChI=1S/C13H11N5O/c1-2-9(7-10-8(1)3-4-14-10)13-17-12(18-19-13)11-15-5-6-16-11/h1-2,5-7,14H,3-4H2,(H,15,16). The van der Waals surface area contributed by atoms with Gasteiger partial charge >= 0.3 is 0 Å². The molecule has 1 aliphatic heterocycles. The number of aromatic amines is 1. The van der Waals surface area contributed by atoms with Crippen molar-refractivity contribution in [2.45, 2.75) is 6.42 Å². The molecule has 0 spiro atoms. The summed E-state index contributed by atoms with van der Waals surface area (Å²) in [5.74, 6) is 1.57. The first-order valence-corrected chi connectivity index (χ1v) is 6.11. The highest BCUT2D eigenvalue weighted by Gasteiger charge is 2.15. The van der Waals surface area contributed by atoms with Gasteiger partial charge in [0.05, 0.1) is 0 Å². The van der Waals surface area contributed by atoms with E-state index in [1.54, 1.807) is 12.4 Å². The molecule has 2 N–H and O–H groups in total. The molecule has 19 heavy (non-hydrogen) atoms. The Morgan fingerprint density at radius 3 is 3.16 bits per heavy atom. The summed E-state index contributed by atoms with van der Waals surface area (Å²) in [6.07, 6.45) is 4.45. The first-order valence-electron chi connectivity index (χ1n) is 6.11. The van der Waals surface area contributed by atoms with Gasteiger partial charge < -0.3 is 14.8 Å². The molecular weight excluding hydrogens is 242 g/mol. The zero-order chi connectivity index (χ0) is 12.7. The lowest BCUT2D eigenvalue weighted by molar-refractivity contribution is 0.432. The second kappa shape index (κ2) is 3.94. The van der Waals surface area contributed by atoms with Gasteiger partial charge in [0.1, 0.15) is 0 Å². The maximum Gasteiger partial charge on any atom is 0.258 e. The van der Waals surface area contributed by atoms with Gasteiger partial charge in [-0.3, -0.25) is 0 Å². The van der Waals surface area contributed by atoms with Crippen LogP contribution in [0.25, 0.3) is 23.1 Å². The van der Waals surface area contributed by atoms with Crippen LogP contribution in [0.5, 0.6) is 0 Å². The summed E-state index contributed by atoms with van der Waals surface area (Å²) < 4.78 is 5.29. The fourth-order valence-corrected chi connectivity index (χ4v) is 2.25. The Morgan fingerprint density at radius 1 is 1.26 bits per heavy atom. The molecule has 6 heteroatoms. The molecule has 6 nitrogen and oxygen atoms in total. The van der Waals surface area contributed by atoms with Gasteiger partial charge in [0.2, 0.25) is 5.82 Å². The van der Waals surface area contributed by atoms with E-state index in [1.807, 2.05) is 12.1 Å². The zero-order valence-corrected chi connectivity index (χ0v) is 10.1. The van der Waals surface area contributed by atoms with E-state index in [0.29, 0.717) is 17.5 Å². The Bertz CT molecular complexity index is 716. The van der Waals surface area contributed by atoms with Crippen LogP contribution < -0.4 is 5.32 Å². The van der Waals surface area contributed by atoms with E-state index in [1.165, 1.54) is 5.56 Å². The number of anilines is 1. The largest absolute Gasteiger partial charge is 0.384 e. The Hall–Kier alpha value is -2.63. The minimum atomic E-state index is 0.466. The molecule has 0 fully saturated rings. The lowest BCUT2D eigenvalue weighted by Crippen LogP contribution is -1.91. The molecule has 0 amide bonds. The summed E-state index contributed by atoms with van der Waals surface area (Å²) in [5, 5.41) is 7.26. The van der Waals surface area contributed by atoms with E-state index < -0.39 is 0 Å². The highest BCUT2D eigenvalue weighted by molar-refractivity contribution is 5.67. The van der Waals surface area contributed by atoms with Crippen molar-refractivity contribution in [3.63, 3.8) is 0 Å². The zero-order valence-electron chi connectivity index (χ0n) is 10.1. The molecule has 0 saturated carbocycles.